The highest BCUT2D eigenvalue weighted by atomic mass is 15.0. The minimum Gasteiger partial charge on any atom is -0.405 e. The second-order valence-electron chi connectivity index (χ2n) is 2.66. The molecule has 0 aliphatic rings. The molecule has 0 aromatic heterocycles. The molecule has 1 unspecified atom stereocenters. The summed E-state index contributed by atoms with van der Waals surface area (Å²) in [6.45, 7) is 4.23. The van der Waals surface area contributed by atoms with E-state index in [4.69, 9.17) is 5.73 Å². The Labute approximate surface area is 68.4 Å². The first-order valence-electron chi connectivity index (χ1n) is 3.79. The molecule has 3 nitrogen and oxygen atoms in total. The van der Waals surface area contributed by atoms with Gasteiger partial charge >= 0.3 is 0 Å². The molecule has 0 saturated heterocycles. The topological polar surface area (TPSA) is 50.4 Å². The number of nitrogens with two attached hydrogens (primary N) is 1. The van der Waals surface area contributed by atoms with E-state index < -0.39 is 0 Å². The van der Waals surface area contributed by atoms with Crippen LogP contribution >= 0.6 is 0 Å². The summed E-state index contributed by atoms with van der Waals surface area (Å²) in [5, 5.41) is 3.09. The van der Waals surface area contributed by atoms with Crippen molar-refractivity contribution in [1.82, 2.24) is 5.32 Å². The van der Waals surface area contributed by atoms with Crippen molar-refractivity contribution in [2.45, 2.75) is 20.0 Å². The molecule has 3 heteroatoms. The van der Waals surface area contributed by atoms with Crippen molar-refractivity contribution in [3.63, 3.8) is 0 Å². The van der Waals surface area contributed by atoms with Gasteiger partial charge in [0.15, 0.2) is 0 Å². The van der Waals surface area contributed by atoms with E-state index in [0.29, 0.717) is 5.92 Å². The van der Waals surface area contributed by atoms with E-state index in [-0.39, 0.29) is 6.17 Å². The average molecular weight is 155 g/mol. The molecule has 64 valence electrons. The normalized spacial score (nSPS) is 15.3. The molecule has 1 atom stereocenters. The molecule has 0 aromatic carbocycles. The lowest BCUT2D eigenvalue weighted by molar-refractivity contribution is 0.444. The molecular weight excluding hydrogens is 138 g/mol. The summed E-state index contributed by atoms with van der Waals surface area (Å²) >= 11 is 0. The van der Waals surface area contributed by atoms with E-state index in [0.717, 1.165) is 0 Å². The van der Waals surface area contributed by atoms with E-state index in [9.17, 15) is 0 Å². The molecule has 3 N–H and O–H groups in total. The molecule has 0 rings (SSSR count). The summed E-state index contributed by atoms with van der Waals surface area (Å²) < 4.78 is 0. The van der Waals surface area contributed by atoms with Crippen LogP contribution in [0.25, 0.3) is 0 Å². The Bertz CT molecular complexity index is 138. The summed E-state index contributed by atoms with van der Waals surface area (Å²) in [6.07, 6.45) is 5.08. The van der Waals surface area contributed by atoms with Crippen LogP contribution in [0, 0.1) is 5.92 Å². The molecule has 0 aliphatic carbocycles. The smallest absolute Gasteiger partial charge is 0.101 e. The van der Waals surface area contributed by atoms with Gasteiger partial charge in [0.2, 0.25) is 0 Å². The molecule has 0 amide bonds. The summed E-state index contributed by atoms with van der Waals surface area (Å²) in [5.41, 5.74) is 5.14. The zero-order valence-electron chi connectivity index (χ0n) is 7.41. The zero-order valence-corrected chi connectivity index (χ0v) is 7.41. The van der Waals surface area contributed by atoms with Crippen LogP contribution in [0.4, 0.5) is 0 Å². The van der Waals surface area contributed by atoms with Gasteiger partial charge in [0.1, 0.15) is 6.17 Å². The predicted octanol–water partition coefficient (Wildman–Crippen LogP) is 0.731. The Balaban J connectivity index is 3.86. The minimum atomic E-state index is 0.186. The standard InChI is InChI=1S/C8H17N3/c1-7(2)8(10-3)11-6-4-5-9/h4-8,10H,9H2,1-3H3/b5-4-,11-6?. The van der Waals surface area contributed by atoms with Crippen LogP contribution < -0.4 is 11.1 Å². The minimum absolute atomic E-state index is 0.186. The summed E-state index contributed by atoms with van der Waals surface area (Å²) in [5.74, 6) is 0.502. The maximum Gasteiger partial charge on any atom is 0.101 e. The molecule has 0 heterocycles. The van der Waals surface area contributed by atoms with E-state index in [1.807, 2.05) is 7.05 Å². The second kappa shape index (κ2) is 5.92. The van der Waals surface area contributed by atoms with Gasteiger partial charge in [-0.05, 0) is 25.2 Å². The molecule has 0 spiro atoms. The number of hydrogen-bond acceptors (Lipinski definition) is 3. The van der Waals surface area contributed by atoms with Gasteiger partial charge in [0.05, 0.1) is 0 Å². The van der Waals surface area contributed by atoms with Crippen molar-refractivity contribution < 1.29 is 0 Å². The Morgan fingerprint density at radius 2 is 2.09 bits per heavy atom. The molecular formula is C8H17N3. The van der Waals surface area contributed by atoms with Crippen LogP contribution in [-0.4, -0.2) is 19.4 Å². The highest BCUT2D eigenvalue weighted by Gasteiger charge is 2.05. The summed E-state index contributed by atoms with van der Waals surface area (Å²) in [4.78, 5) is 4.23. The van der Waals surface area contributed by atoms with Crippen LogP contribution in [0.15, 0.2) is 17.3 Å². The fourth-order valence-corrected chi connectivity index (χ4v) is 0.772. The van der Waals surface area contributed by atoms with Crippen molar-refractivity contribution >= 4 is 6.21 Å². The molecule has 11 heavy (non-hydrogen) atoms. The van der Waals surface area contributed by atoms with Gasteiger partial charge in [-0.2, -0.15) is 0 Å². The molecule has 0 fully saturated rings. The molecule has 0 bridgehead atoms. The molecule has 0 saturated carbocycles. The largest absolute Gasteiger partial charge is 0.405 e. The monoisotopic (exact) mass is 155 g/mol. The van der Waals surface area contributed by atoms with Gasteiger partial charge in [-0.1, -0.05) is 13.8 Å². The van der Waals surface area contributed by atoms with Crippen LogP contribution in [0.5, 0.6) is 0 Å². The summed E-state index contributed by atoms with van der Waals surface area (Å²) in [7, 11) is 1.90. The lowest BCUT2D eigenvalue weighted by Crippen LogP contribution is -2.28. The van der Waals surface area contributed by atoms with Gasteiger partial charge in [-0.3, -0.25) is 10.3 Å². The first kappa shape index (κ1) is 10.2. The van der Waals surface area contributed by atoms with Crippen molar-refractivity contribution in [2.75, 3.05) is 7.05 Å². The predicted molar refractivity (Wildman–Crippen MR) is 49.5 cm³/mol. The Morgan fingerprint density at radius 1 is 1.45 bits per heavy atom. The third-order valence-corrected chi connectivity index (χ3v) is 1.37. The number of nitrogens with zero attached hydrogens (tertiary/aromatic N) is 1. The van der Waals surface area contributed by atoms with Crippen LogP contribution in [0.1, 0.15) is 13.8 Å². The number of hydrogen-bond donors (Lipinski definition) is 2. The average Bonchev–Trinajstić information content (AvgIpc) is 1.97. The third kappa shape index (κ3) is 4.56. The van der Waals surface area contributed by atoms with Gasteiger partial charge in [0, 0.05) is 6.21 Å². The van der Waals surface area contributed by atoms with Crippen LogP contribution in [0.3, 0.4) is 0 Å². The third-order valence-electron chi connectivity index (χ3n) is 1.37. The lowest BCUT2D eigenvalue weighted by atomic mass is 10.2. The maximum absolute atomic E-state index is 5.14. The second-order valence-corrected chi connectivity index (χ2v) is 2.66. The van der Waals surface area contributed by atoms with Crippen LogP contribution in [-0.2, 0) is 0 Å². The van der Waals surface area contributed by atoms with Crippen molar-refractivity contribution in [2.24, 2.45) is 16.6 Å². The number of aliphatic imine (C=N–C) groups is 1. The fraction of sp³-hybridized carbons (Fsp3) is 0.625. The SMILES string of the molecule is CNC(N=C/C=C\N)C(C)C. The molecule has 0 radical (unpaired) electrons. The highest BCUT2D eigenvalue weighted by Crippen LogP contribution is 2.00. The number of nitrogens with one attached hydrogen (secondary N) is 1. The Morgan fingerprint density at radius 3 is 2.45 bits per heavy atom. The maximum atomic E-state index is 5.14. The Kier molecular flexibility index (Phi) is 5.47. The van der Waals surface area contributed by atoms with Gasteiger partial charge in [-0.25, -0.2) is 0 Å². The Hall–Kier alpha value is -0.830. The van der Waals surface area contributed by atoms with E-state index in [1.165, 1.54) is 6.20 Å². The van der Waals surface area contributed by atoms with Crippen molar-refractivity contribution in [3.05, 3.63) is 12.3 Å². The fourth-order valence-electron chi connectivity index (χ4n) is 0.772. The van der Waals surface area contributed by atoms with E-state index in [1.54, 1.807) is 12.3 Å². The quantitative estimate of drug-likeness (QED) is 0.588. The number of allylic oxidation sites excluding steroid dienone is 1. The first-order valence-corrected chi connectivity index (χ1v) is 3.79. The van der Waals surface area contributed by atoms with Gasteiger partial charge in [-0.15, -0.1) is 0 Å². The van der Waals surface area contributed by atoms with E-state index >= 15 is 0 Å². The van der Waals surface area contributed by atoms with Crippen molar-refractivity contribution in [3.8, 4) is 0 Å². The van der Waals surface area contributed by atoms with Crippen molar-refractivity contribution in [1.29, 1.82) is 0 Å². The molecule has 0 aromatic rings. The van der Waals surface area contributed by atoms with Crippen LogP contribution in [0.2, 0.25) is 0 Å². The lowest BCUT2D eigenvalue weighted by Gasteiger charge is -2.14. The van der Waals surface area contributed by atoms with Gasteiger partial charge < -0.3 is 5.73 Å². The van der Waals surface area contributed by atoms with Gasteiger partial charge in [0.25, 0.3) is 0 Å². The highest BCUT2D eigenvalue weighted by molar-refractivity contribution is 5.70. The first-order chi connectivity index (χ1) is 5.22. The number of rotatable bonds is 4. The summed E-state index contributed by atoms with van der Waals surface area (Å²) in [6, 6.07) is 0. The molecule has 0 aliphatic heterocycles. The van der Waals surface area contributed by atoms with E-state index in [2.05, 4.69) is 24.2 Å². The zero-order chi connectivity index (χ0) is 8.69.